The van der Waals surface area contributed by atoms with Crippen molar-refractivity contribution in [3.8, 4) is 0 Å². The highest BCUT2D eigenvalue weighted by atomic mass is 32.2. The van der Waals surface area contributed by atoms with Gasteiger partial charge >= 0.3 is 5.97 Å². The average molecular weight is 299 g/mol. The minimum atomic E-state index is -1.19. The summed E-state index contributed by atoms with van der Waals surface area (Å²) in [7, 11) is 0. The number of fused-ring (bicyclic) bond motifs is 1. The largest absolute Gasteiger partial charge is 0.477 e. The van der Waals surface area contributed by atoms with E-state index >= 15 is 0 Å². The van der Waals surface area contributed by atoms with Crippen molar-refractivity contribution in [1.82, 2.24) is 4.90 Å². The Morgan fingerprint density at radius 2 is 2.25 bits per heavy atom. The second kappa shape index (κ2) is 5.59. The van der Waals surface area contributed by atoms with Crippen molar-refractivity contribution in [2.75, 3.05) is 12.4 Å². The van der Waals surface area contributed by atoms with Crippen molar-refractivity contribution in [3.05, 3.63) is 23.3 Å². The molecular formula is C13H17NO5S. The lowest BCUT2D eigenvalue weighted by atomic mass is 9.79. The molecule has 7 heteroatoms. The molecule has 0 aromatic carbocycles. The van der Waals surface area contributed by atoms with Crippen LogP contribution in [0.25, 0.3) is 0 Å². The van der Waals surface area contributed by atoms with Crippen LogP contribution >= 0.6 is 11.8 Å². The van der Waals surface area contributed by atoms with Crippen LogP contribution in [0.1, 0.15) is 6.92 Å². The zero-order valence-electron chi connectivity index (χ0n) is 11.0. The molecular weight excluding hydrogens is 282 g/mol. The molecule has 1 amide bonds. The molecule has 6 nitrogen and oxygen atoms in total. The fraction of sp³-hybridized carbons (Fsp3) is 0.538. The lowest BCUT2D eigenvalue weighted by molar-refractivity contribution is -0.164. The van der Waals surface area contributed by atoms with Crippen molar-refractivity contribution in [2.45, 2.75) is 19.1 Å². The molecule has 0 aliphatic carbocycles. The van der Waals surface area contributed by atoms with Gasteiger partial charge in [0.15, 0.2) is 0 Å². The zero-order valence-corrected chi connectivity index (χ0v) is 11.8. The van der Waals surface area contributed by atoms with Gasteiger partial charge in [0.25, 0.3) is 0 Å². The van der Waals surface area contributed by atoms with Crippen LogP contribution in [0, 0.1) is 11.8 Å². The molecule has 20 heavy (non-hydrogen) atoms. The second-order valence-electron chi connectivity index (χ2n) is 4.87. The van der Waals surface area contributed by atoms with Gasteiger partial charge in [0.05, 0.1) is 24.7 Å². The standard InChI is InChI=1S/C13H17NO5S/c1-3-4-20-11-7(5-15)9-8(6(2)16)12(17)14(9)10(11)13(18)19/h3,6-9,15-16H,1,4-5H2,2H3,(H,18,19)/t6-,7-,8-,9-/m1/s1. The molecule has 4 atom stereocenters. The summed E-state index contributed by atoms with van der Waals surface area (Å²) in [6, 6.07) is -0.467. The third kappa shape index (κ3) is 2.06. The predicted octanol–water partition coefficient (Wildman–Crippen LogP) is 0.0317. The minimum absolute atomic E-state index is 0.0669. The first-order valence-electron chi connectivity index (χ1n) is 6.28. The summed E-state index contributed by atoms with van der Waals surface area (Å²) in [6.07, 6.45) is 0.770. The zero-order chi connectivity index (χ0) is 15.0. The number of aliphatic hydroxyl groups excluding tert-OH is 2. The van der Waals surface area contributed by atoms with Gasteiger partial charge in [-0.15, -0.1) is 18.3 Å². The molecule has 0 aromatic rings. The van der Waals surface area contributed by atoms with Crippen LogP contribution in [-0.4, -0.2) is 56.6 Å². The fourth-order valence-electron chi connectivity index (χ4n) is 2.89. The van der Waals surface area contributed by atoms with E-state index in [4.69, 9.17) is 0 Å². The third-order valence-corrected chi connectivity index (χ3v) is 4.90. The topological polar surface area (TPSA) is 98.1 Å². The third-order valence-electron chi connectivity index (χ3n) is 3.69. The van der Waals surface area contributed by atoms with Crippen molar-refractivity contribution in [1.29, 1.82) is 0 Å². The number of β-lactam (4-membered cyclic amide) rings is 1. The molecule has 0 bridgehead atoms. The van der Waals surface area contributed by atoms with E-state index in [2.05, 4.69) is 6.58 Å². The highest BCUT2D eigenvalue weighted by molar-refractivity contribution is 8.03. The Hall–Kier alpha value is -1.31. The molecule has 1 saturated heterocycles. The van der Waals surface area contributed by atoms with Crippen LogP contribution in [0.2, 0.25) is 0 Å². The Bertz CT molecular complexity index is 487. The molecule has 0 unspecified atom stereocenters. The molecule has 1 fully saturated rings. The van der Waals surface area contributed by atoms with Gasteiger partial charge in [-0.2, -0.15) is 0 Å². The number of amides is 1. The number of aliphatic hydroxyl groups is 2. The fourth-order valence-corrected chi connectivity index (χ4v) is 3.93. The summed E-state index contributed by atoms with van der Waals surface area (Å²) in [5.41, 5.74) is -0.0669. The monoisotopic (exact) mass is 299 g/mol. The van der Waals surface area contributed by atoms with E-state index < -0.39 is 35.9 Å². The van der Waals surface area contributed by atoms with E-state index in [1.165, 1.54) is 23.6 Å². The van der Waals surface area contributed by atoms with Crippen molar-refractivity contribution >= 4 is 23.6 Å². The Labute approximate surface area is 120 Å². The van der Waals surface area contributed by atoms with Crippen LogP contribution in [0.15, 0.2) is 23.3 Å². The van der Waals surface area contributed by atoms with Crippen LogP contribution in [-0.2, 0) is 9.59 Å². The minimum Gasteiger partial charge on any atom is -0.477 e. The van der Waals surface area contributed by atoms with Gasteiger partial charge in [-0.05, 0) is 6.92 Å². The highest BCUT2D eigenvalue weighted by Gasteiger charge is 2.60. The van der Waals surface area contributed by atoms with Crippen LogP contribution < -0.4 is 0 Å². The van der Waals surface area contributed by atoms with E-state index in [0.29, 0.717) is 10.7 Å². The number of thioether (sulfide) groups is 1. The Morgan fingerprint density at radius 1 is 1.60 bits per heavy atom. The maximum absolute atomic E-state index is 12.0. The summed E-state index contributed by atoms with van der Waals surface area (Å²) in [5, 5.41) is 28.6. The molecule has 2 aliphatic heterocycles. The Kier molecular flexibility index (Phi) is 4.22. The Balaban J connectivity index is 2.39. The van der Waals surface area contributed by atoms with Crippen LogP contribution in [0.3, 0.4) is 0 Å². The molecule has 0 spiro atoms. The summed E-state index contributed by atoms with van der Waals surface area (Å²) in [4.78, 5) is 25.1. The van der Waals surface area contributed by atoms with E-state index in [1.807, 2.05) is 0 Å². The number of rotatable bonds is 6. The number of carboxylic acids is 1. The number of nitrogens with zero attached hydrogens (tertiary/aromatic N) is 1. The number of hydrogen-bond donors (Lipinski definition) is 3. The normalized spacial score (nSPS) is 30.1. The Morgan fingerprint density at radius 3 is 2.70 bits per heavy atom. The van der Waals surface area contributed by atoms with Gasteiger partial charge in [0.2, 0.25) is 5.91 Å². The van der Waals surface area contributed by atoms with Crippen molar-refractivity contribution < 1.29 is 24.9 Å². The van der Waals surface area contributed by atoms with E-state index in [0.717, 1.165) is 0 Å². The average Bonchev–Trinajstić information content (AvgIpc) is 2.65. The highest BCUT2D eigenvalue weighted by Crippen LogP contribution is 2.50. The van der Waals surface area contributed by atoms with Gasteiger partial charge in [-0.25, -0.2) is 4.79 Å². The van der Waals surface area contributed by atoms with Gasteiger partial charge in [-0.1, -0.05) is 6.08 Å². The first kappa shape index (κ1) is 15.1. The SMILES string of the molecule is C=CCSC1=C(C(=O)O)N2C(=O)[C@H]([C@@H](C)O)[C@H]2[C@H]1CO. The van der Waals surface area contributed by atoms with Gasteiger partial charge in [0, 0.05) is 16.6 Å². The molecule has 0 aromatic heterocycles. The first-order valence-corrected chi connectivity index (χ1v) is 7.27. The summed E-state index contributed by atoms with van der Waals surface area (Å²) < 4.78 is 0. The number of hydrogen-bond acceptors (Lipinski definition) is 5. The van der Waals surface area contributed by atoms with Gasteiger partial charge in [-0.3, -0.25) is 4.79 Å². The maximum atomic E-state index is 12.0. The molecule has 110 valence electrons. The molecule has 3 N–H and O–H groups in total. The smallest absolute Gasteiger partial charge is 0.353 e. The van der Waals surface area contributed by atoms with Gasteiger partial charge < -0.3 is 20.2 Å². The molecule has 0 radical (unpaired) electrons. The first-order chi connectivity index (χ1) is 9.45. The summed E-state index contributed by atoms with van der Waals surface area (Å²) in [5.74, 6) is -2.19. The number of carboxylic acid groups (broad SMARTS) is 1. The molecule has 2 aliphatic rings. The number of carbonyl (C=O) groups is 2. The van der Waals surface area contributed by atoms with E-state index in [-0.39, 0.29) is 12.3 Å². The molecule has 2 heterocycles. The summed E-state index contributed by atoms with van der Waals surface area (Å²) in [6.45, 7) is 4.83. The van der Waals surface area contributed by atoms with Gasteiger partial charge in [0.1, 0.15) is 5.70 Å². The number of carbonyl (C=O) groups excluding carboxylic acids is 1. The quantitative estimate of drug-likeness (QED) is 0.473. The molecule has 2 rings (SSSR count). The maximum Gasteiger partial charge on any atom is 0.353 e. The van der Waals surface area contributed by atoms with E-state index in [9.17, 15) is 24.9 Å². The van der Waals surface area contributed by atoms with Crippen molar-refractivity contribution in [2.24, 2.45) is 11.8 Å². The van der Waals surface area contributed by atoms with Crippen LogP contribution in [0.5, 0.6) is 0 Å². The number of aliphatic carboxylic acids is 1. The lowest BCUT2D eigenvalue weighted by Crippen LogP contribution is -2.64. The molecule has 0 saturated carbocycles. The predicted molar refractivity (Wildman–Crippen MR) is 73.7 cm³/mol. The lowest BCUT2D eigenvalue weighted by Gasteiger charge is -2.46. The van der Waals surface area contributed by atoms with E-state index in [1.54, 1.807) is 6.08 Å². The van der Waals surface area contributed by atoms with Crippen molar-refractivity contribution in [3.63, 3.8) is 0 Å². The summed E-state index contributed by atoms with van der Waals surface area (Å²) >= 11 is 1.26. The van der Waals surface area contributed by atoms with Crippen LogP contribution in [0.4, 0.5) is 0 Å². The second-order valence-corrected chi connectivity index (χ2v) is 5.93.